The van der Waals surface area contributed by atoms with E-state index in [-0.39, 0.29) is 6.10 Å². The van der Waals surface area contributed by atoms with Gasteiger partial charge in [-0.15, -0.1) is 0 Å². The first-order valence-corrected chi connectivity index (χ1v) is 9.59. The molecule has 0 heterocycles. The third-order valence-corrected chi connectivity index (χ3v) is 4.46. The number of unbranched alkanes of at least 4 members (excludes halogenated alkanes) is 9. The molecule has 0 aliphatic heterocycles. The minimum absolute atomic E-state index is 0.164. The molecule has 0 fully saturated rings. The van der Waals surface area contributed by atoms with Crippen molar-refractivity contribution in [2.45, 2.75) is 104 Å². The smallest absolute Gasteiger partial charge is 0.0667 e. The topological polar surface area (TPSA) is 32.3 Å². The largest absolute Gasteiger partial charge is 0.392 e. The zero-order valence-corrected chi connectivity index (χ0v) is 15.0. The van der Waals surface area contributed by atoms with Crippen molar-refractivity contribution < 1.29 is 5.11 Å². The lowest BCUT2D eigenvalue weighted by molar-refractivity contribution is 0.142. The van der Waals surface area contributed by atoms with Crippen LogP contribution in [-0.2, 0) is 0 Å². The van der Waals surface area contributed by atoms with Crippen molar-refractivity contribution in [2.24, 2.45) is 5.92 Å². The Bertz CT molecular complexity index is 196. The Kier molecular flexibility index (Phi) is 16.2. The molecule has 128 valence electrons. The third-order valence-electron chi connectivity index (χ3n) is 4.46. The zero-order chi connectivity index (χ0) is 15.8. The Morgan fingerprint density at radius 1 is 0.810 bits per heavy atom. The lowest BCUT2D eigenvalue weighted by Crippen LogP contribution is -2.28. The predicted octanol–water partition coefficient (Wildman–Crippen LogP) is 5.29. The van der Waals surface area contributed by atoms with Crippen LogP contribution in [0.3, 0.4) is 0 Å². The van der Waals surface area contributed by atoms with E-state index in [4.69, 9.17) is 0 Å². The second-order valence-corrected chi connectivity index (χ2v) is 6.79. The van der Waals surface area contributed by atoms with Gasteiger partial charge in [0.2, 0.25) is 0 Å². The average Bonchev–Trinajstić information content (AvgIpc) is 2.48. The molecule has 2 N–H and O–H groups in total. The van der Waals surface area contributed by atoms with Crippen LogP contribution in [0.5, 0.6) is 0 Å². The molecule has 0 aliphatic carbocycles. The molecule has 0 aromatic heterocycles. The molecule has 21 heavy (non-hydrogen) atoms. The number of aliphatic hydroxyl groups excluding tert-OH is 1. The van der Waals surface area contributed by atoms with Gasteiger partial charge in [0.25, 0.3) is 0 Å². The van der Waals surface area contributed by atoms with Gasteiger partial charge in [-0.25, -0.2) is 0 Å². The molecule has 0 spiro atoms. The summed E-state index contributed by atoms with van der Waals surface area (Å²) in [5, 5.41) is 13.2. The van der Waals surface area contributed by atoms with Gasteiger partial charge in [0.15, 0.2) is 0 Å². The first-order chi connectivity index (χ1) is 10.2. The Morgan fingerprint density at radius 3 is 1.86 bits per heavy atom. The summed E-state index contributed by atoms with van der Waals surface area (Å²) in [5.41, 5.74) is 0. The van der Waals surface area contributed by atoms with Gasteiger partial charge in [-0.2, -0.15) is 0 Å². The number of nitrogens with one attached hydrogen (secondary N) is 1. The molecule has 0 aliphatic rings. The van der Waals surface area contributed by atoms with Gasteiger partial charge in [0.05, 0.1) is 6.10 Å². The van der Waals surface area contributed by atoms with E-state index in [1.54, 1.807) is 0 Å². The van der Waals surface area contributed by atoms with Gasteiger partial charge in [0.1, 0.15) is 0 Å². The highest BCUT2D eigenvalue weighted by molar-refractivity contribution is 4.63. The van der Waals surface area contributed by atoms with Crippen LogP contribution in [0.2, 0.25) is 0 Å². The fourth-order valence-corrected chi connectivity index (χ4v) is 2.72. The van der Waals surface area contributed by atoms with E-state index in [9.17, 15) is 5.11 Å². The van der Waals surface area contributed by atoms with Gasteiger partial charge in [-0.3, -0.25) is 0 Å². The monoisotopic (exact) mass is 299 g/mol. The summed E-state index contributed by atoms with van der Waals surface area (Å²) in [7, 11) is 0. The van der Waals surface area contributed by atoms with Gasteiger partial charge >= 0.3 is 0 Å². The standard InChI is InChI=1S/C19H41NO/c1-4-6-7-8-9-10-11-12-13-14-15-20-17-19(21)16-18(3)5-2/h18-21H,4-17H2,1-3H3. The highest BCUT2D eigenvalue weighted by Gasteiger charge is 2.07. The van der Waals surface area contributed by atoms with Gasteiger partial charge in [-0.05, 0) is 25.3 Å². The summed E-state index contributed by atoms with van der Waals surface area (Å²) in [5.74, 6) is 0.638. The molecular weight excluding hydrogens is 258 g/mol. The Hall–Kier alpha value is -0.0800. The summed E-state index contributed by atoms with van der Waals surface area (Å²) in [4.78, 5) is 0. The lowest BCUT2D eigenvalue weighted by atomic mass is 10.0. The molecule has 2 nitrogen and oxygen atoms in total. The summed E-state index contributed by atoms with van der Waals surface area (Å²) in [6.07, 6.45) is 15.8. The second kappa shape index (κ2) is 16.3. The number of hydrogen-bond donors (Lipinski definition) is 2. The van der Waals surface area contributed by atoms with Crippen LogP contribution < -0.4 is 5.32 Å². The summed E-state index contributed by atoms with van der Waals surface area (Å²) >= 11 is 0. The molecular formula is C19H41NO. The SMILES string of the molecule is CCCCCCCCCCCCNCC(O)CC(C)CC. The Morgan fingerprint density at radius 2 is 1.33 bits per heavy atom. The van der Waals surface area contributed by atoms with Crippen LogP contribution >= 0.6 is 0 Å². The van der Waals surface area contributed by atoms with Crippen LogP contribution in [0, 0.1) is 5.92 Å². The molecule has 0 rings (SSSR count). The summed E-state index contributed by atoms with van der Waals surface area (Å²) < 4.78 is 0. The Labute approximate surface area is 134 Å². The van der Waals surface area contributed by atoms with Crippen molar-refractivity contribution in [1.29, 1.82) is 0 Å². The molecule has 2 heteroatoms. The maximum atomic E-state index is 9.85. The van der Waals surface area contributed by atoms with E-state index >= 15 is 0 Å². The van der Waals surface area contributed by atoms with E-state index in [1.165, 1.54) is 64.2 Å². The van der Waals surface area contributed by atoms with E-state index in [0.29, 0.717) is 5.92 Å². The predicted molar refractivity (Wildman–Crippen MR) is 94.8 cm³/mol. The van der Waals surface area contributed by atoms with Crippen molar-refractivity contribution in [2.75, 3.05) is 13.1 Å². The summed E-state index contributed by atoms with van der Waals surface area (Å²) in [6.45, 7) is 8.51. The lowest BCUT2D eigenvalue weighted by Gasteiger charge is -2.15. The molecule has 0 aromatic rings. The average molecular weight is 300 g/mol. The highest BCUT2D eigenvalue weighted by atomic mass is 16.3. The fourth-order valence-electron chi connectivity index (χ4n) is 2.72. The van der Waals surface area contributed by atoms with Gasteiger partial charge in [0, 0.05) is 6.54 Å². The molecule has 0 radical (unpaired) electrons. The van der Waals surface area contributed by atoms with Crippen LogP contribution in [-0.4, -0.2) is 24.3 Å². The first kappa shape index (κ1) is 20.9. The number of hydrogen-bond acceptors (Lipinski definition) is 2. The molecule has 2 atom stereocenters. The molecule has 0 saturated carbocycles. The third kappa shape index (κ3) is 16.1. The minimum atomic E-state index is -0.164. The van der Waals surface area contributed by atoms with Crippen LogP contribution in [0.25, 0.3) is 0 Å². The van der Waals surface area contributed by atoms with Gasteiger partial charge < -0.3 is 10.4 Å². The Balaban J connectivity index is 3.12. The van der Waals surface area contributed by atoms with Crippen molar-refractivity contribution in [3.8, 4) is 0 Å². The van der Waals surface area contributed by atoms with Crippen molar-refractivity contribution in [3.05, 3.63) is 0 Å². The maximum Gasteiger partial charge on any atom is 0.0667 e. The summed E-state index contributed by atoms with van der Waals surface area (Å²) in [6, 6.07) is 0. The van der Waals surface area contributed by atoms with E-state index < -0.39 is 0 Å². The molecule has 0 aromatic carbocycles. The molecule has 2 unspecified atom stereocenters. The van der Waals surface area contributed by atoms with Crippen molar-refractivity contribution >= 4 is 0 Å². The molecule has 0 saturated heterocycles. The van der Waals surface area contributed by atoms with Crippen LogP contribution in [0.15, 0.2) is 0 Å². The molecule has 0 amide bonds. The quantitative estimate of drug-likeness (QED) is 0.379. The van der Waals surface area contributed by atoms with E-state index in [2.05, 4.69) is 26.1 Å². The van der Waals surface area contributed by atoms with Crippen LogP contribution in [0.1, 0.15) is 97.8 Å². The first-order valence-electron chi connectivity index (χ1n) is 9.59. The van der Waals surface area contributed by atoms with E-state index in [0.717, 1.165) is 25.9 Å². The zero-order valence-electron chi connectivity index (χ0n) is 15.0. The molecule has 0 bridgehead atoms. The minimum Gasteiger partial charge on any atom is -0.392 e. The van der Waals surface area contributed by atoms with Gasteiger partial charge in [-0.1, -0.05) is 85.0 Å². The fraction of sp³-hybridized carbons (Fsp3) is 1.00. The van der Waals surface area contributed by atoms with E-state index in [1.807, 2.05) is 0 Å². The van der Waals surface area contributed by atoms with Crippen molar-refractivity contribution in [1.82, 2.24) is 5.32 Å². The maximum absolute atomic E-state index is 9.85. The highest BCUT2D eigenvalue weighted by Crippen LogP contribution is 2.11. The number of rotatable bonds is 16. The normalized spacial score (nSPS) is 14.3. The van der Waals surface area contributed by atoms with Crippen molar-refractivity contribution in [3.63, 3.8) is 0 Å². The second-order valence-electron chi connectivity index (χ2n) is 6.79. The van der Waals surface area contributed by atoms with Crippen LogP contribution in [0.4, 0.5) is 0 Å². The number of aliphatic hydroxyl groups is 1.